The van der Waals surface area contributed by atoms with E-state index in [9.17, 15) is 18.0 Å². The molecule has 2 heterocycles. The average molecular weight is 385 g/mol. The van der Waals surface area contributed by atoms with E-state index >= 15 is 0 Å². The monoisotopic (exact) mass is 384 g/mol. The zero-order valence-electron chi connectivity index (χ0n) is 13.0. The smallest absolute Gasteiger partial charge is 0.269 e. The van der Waals surface area contributed by atoms with E-state index in [1.807, 2.05) is 13.0 Å². The van der Waals surface area contributed by atoms with Crippen molar-refractivity contribution >= 4 is 29.0 Å². The van der Waals surface area contributed by atoms with Gasteiger partial charge in [-0.15, -0.1) is 11.8 Å². The van der Waals surface area contributed by atoms with E-state index < -0.39 is 11.7 Å². The van der Waals surface area contributed by atoms with Crippen molar-refractivity contribution in [1.82, 2.24) is 9.38 Å². The number of halogens is 4. The van der Waals surface area contributed by atoms with Crippen molar-refractivity contribution in [2.45, 2.75) is 23.7 Å². The molecule has 0 aliphatic rings. The first kappa shape index (κ1) is 17.8. The molecule has 0 fully saturated rings. The summed E-state index contributed by atoms with van der Waals surface area (Å²) in [5.74, 6) is 0.276. The second-order valence-electron chi connectivity index (χ2n) is 5.45. The van der Waals surface area contributed by atoms with E-state index in [0.717, 1.165) is 23.4 Å². The summed E-state index contributed by atoms with van der Waals surface area (Å²) >= 11 is 6.77. The van der Waals surface area contributed by atoms with Crippen LogP contribution in [0.5, 0.6) is 0 Å². The van der Waals surface area contributed by atoms with Crippen molar-refractivity contribution in [1.29, 1.82) is 0 Å². The van der Waals surface area contributed by atoms with Crippen LogP contribution < -0.4 is 5.56 Å². The number of aromatic nitrogens is 2. The highest BCUT2D eigenvalue weighted by molar-refractivity contribution is 7.98. The molecule has 3 rings (SSSR count). The van der Waals surface area contributed by atoms with Crippen molar-refractivity contribution in [2.75, 3.05) is 0 Å². The summed E-state index contributed by atoms with van der Waals surface area (Å²) in [7, 11) is 0. The summed E-state index contributed by atoms with van der Waals surface area (Å²) in [4.78, 5) is 16.9. The zero-order valence-corrected chi connectivity index (χ0v) is 14.5. The van der Waals surface area contributed by atoms with Crippen LogP contribution in [-0.2, 0) is 11.9 Å². The number of aryl methyl sites for hydroxylation is 1. The predicted octanol–water partition coefficient (Wildman–Crippen LogP) is 4.97. The quantitative estimate of drug-likeness (QED) is 0.598. The first-order chi connectivity index (χ1) is 11.7. The van der Waals surface area contributed by atoms with Crippen LogP contribution in [0.3, 0.4) is 0 Å². The molecule has 0 atom stereocenters. The van der Waals surface area contributed by atoms with Crippen molar-refractivity contribution in [3.63, 3.8) is 0 Å². The van der Waals surface area contributed by atoms with Crippen LogP contribution in [0.4, 0.5) is 13.2 Å². The molecule has 25 heavy (non-hydrogen) atoms. The van der Waals surface area contributed by atoms with E-state index in [1.54, 1.807) is 12.3 Å². The number of hydrogen-bond donors (Lipinski definition) is 0. The molecule has 0 radical (unpaired) electrons. The van der Waals surface area contributed by atoms with Gasteiger partial charge in [-0.25, -0.2) is 4.98 Å². The van der Waals surface area contributed by atoms with Crippen LogP contribution in [0.2, 0.25) is 5.02 Å². The first-order valence-corrected chi connectivity index (χ1v) is 8.59. The fraction of sp³-hybridized carbons (Fsp3) is 0.176. The Morgan fingerprint density at radius 1 is 1.20 bits per heavy atom. The maximum Gasteiger partial charge on any atom is 0.417 e. The van der Waals surface area contributed by atoms with Crippen LogP contribution in [0.1, 0.15) is 16.8 Å². The fourth-order valence-corrected chi connectivity index (χ4v) is 3.35. The lowest BCUT2D eigenvalue weighted by molar-refractivity contribution is -0.137. The molecule has 0 saturated heterocycles. The third kappa shape index (κ3) is 3.99. The van der Waals surface area contributed by atoms with Gasteiger partial charge in [0.05, 0.1) is 16.3 Å². The average Bonchev–Trinajstić information content (AvgIpc) is 2.54. The first-order valence-electron chi connectivity index (χ1n) is 7.22. The number of thioether (sulfide) groups is 1. The van der Waals surface area contributed by atoms with E-state index in [4.69, 9.17) is 11.6 Å². The van der Waals surface area contributed by atoms with Gasteiger partial charge in [0.25, 0.3) is 5.56 Å². The Balaban J connectivity index is 1.86. The summed E-state index contributed by atoms with van der Waals surface area (Å²) < 4.78 is 40.1. The lowest BCUT2D eigenvalue weighted by Gasteiger charge is -2.10. The van der Waals surface area contributed by atoms with Crippen LogP contribution in [0.15, 0.2) is 52.3 Å². The highest BCUT2D eigenvalue weighted by Gasteiger charge is 2.33. The number of fused-ring (bicyclic) bond motifs is 1. The summed E-state index contributed by atoms with van der Waals surface area (Å²) in [6.45, 7) is 1.87. The van der Waals surface area contributed by atoms with E-state index in [2.05, 4.69) is 4.98 Å². The minimum absolute atomic E-state index is 0.226. The third-order valence-electron chi connectivity index (χ3n) is 3.49. The van der Waals surface area contributed by atoms with Crippen LogP contribution >= 0.6 is 23.4 Å². The van der Waals surface area contributed by atoms with Gasteiger partial charge < -0.3 is 0 Å². The molecule has 0 unspecified atom stereocenters. The van der Waals surface area contributed by atoms with Gasteiger partial charge in [-0.2, -0.15) is 13.2 Å². The van der Waals surface area contributed by atoms with Crippen LogP contribution in [0, 0.1) is 6.92 Å². The molecule has 130 valence electrons. The minimum atomic E-state index is -4.51. The molecule has 3 nitrogen and oxygen atoms in total. The largest absolute Gasteiger partial charge is 0.417 e. The number of rotatable bonds is 3. The van der Waals surface area contributed by atoms with Crippen LogP contribution in [0.25, 0.3) is 5.65 Å². The molecule has 0 saturated carbocycles. The molecule has 1 aromatic carbocycles. The Labute approximate surface area is 150 Å². The van der Waals surface area contributed by atoms with Gasteiger partial charge in [-0.1, -0.05) is 17.7 Å². The van der Waals surface area contributed by atoms with Crippen molar-refractivity contribution in [3.05, 3.63) is 74.8 Å². The number of hydrogen-bond acceptors (Lipinski definition) is 3. The Morgan fingerprint density at radius 3 is 2.68 bits per heavy atom. The molecule has 0 bridgehead atoms. The van der Waals surface area contributed by atoms with E-state index in [1.165, 1.54) is 22.6 Å². The molecule has 0 aliphatic heterocycles. The molecule has 0 spiro atoms. The predicted molar refractivity (Wildman–Crippen MR) is 92.2 cm³/mol. The van der Waals surface area contributed by atoms with Crippen molar-refractivity contribution in [2.24, 2.45) is 0 Å². The highest BCUT2D eigenvalue weighted by atomic mass is 35.5. The van der Waals surface area contributed by atoms with E-state index in [0.29, 0.717) is 16.2 Å². The number of pyridine rings is 1. The Morgan fingerprint density at radius 2 is 1.96 bits per heavy atom. The summed E-state index contributed by atoms with van der Waals surface area (Å²) in [6, 6.07) is 8.70. The molecule has 2 aromatic heterocycles. The number of benzene rings is 1. The molecule has 0 N–H and O–H groups in total. The summed E-state index contributed by atoms with van der Waals surface area (Å²) in [5, 5.41) is -0.339. The third-order valence-corrected chi connectivity index (χ3v) is 4.85. The maximum atomic E-state index is 12.9. The van der Waals surface area contributed by atoms with Gasteiger partial charge >= 0.3 is 6.18 Å². The Hall–Kier alpha value is -1.99. The Kier molecular flexibility index (Phi) is 4.79. The topological polar surface area (TPSA) is 34.4 Å². The number of alkyl halides is 3. The minimum Gasteiger partial charge on any atom is -0.269 e. The standard InChI is InChI=1S/C17H12ClF3N2OS/c1-10-2-5-15-22-11(6-16(24)23(15)8-10)9-25-12-3-4-14(18)13(7-12)17(19,20)21/h2-8H,9H2,1H3. The molecular formula is C17H12ClF3N2OS. The molecule has 3 aromatic rings. The molecule has 8 heteroatoms. The van der Waals surface area contributed by atoms with Crippen LogP contribution in [-0.4, -0.2) is 9.38 Å². The van der Waals surface area contributed by atoms with Gasteiger partial charge in [0, 0.05) is 22.9 Å². The van der Waals surface area contributed by atoms with Gasteiger partial charge in [-0.3, -0.25) is 9.20 Å². The zero-order chi connectivity index (χ0) is 18.2. The summed E-state index contributed by atoms with van der Waals surface area (Å²) in [5.41, 5.74) is 0.833. The van der Waals surface area contributed by atoms with Gasteiger partial charge in [0.15, 0.2) is 0 Å². The lowest BCUT2D eigenvalue weighted by Crippen LogP contribution is -2.15. The normalized spacial score (nSPS) is 11.9. The van der Waals surface area contributed by atoms with Crippen molar-refractivity contribution in [3.8, 4) is 0 Å². The molecule has 0 amide bonds. The lowest BCUT2D eigenvalue weighted by atomic mass is 10.2. The van der Waals surface area contributed by atoms with Crippen molar-refractivity contribution < 1.29 is 13.2 Å². The van der Waals surface area contributed by atoms with Gasteiger partial charge in [0.1, 0.15) is 5.65 Å². The van der Waals surface area contributed by atoms with Gasteiger partial charge in [0.2, 0.25) is 0 Å². The second-order valence-corrected chi connectivity index (χ2v) is 6.90. The highest BCUT2D eigenvalue weighted by Crippen LogP contribution is 2.37. The summed E-state index contributed by atoms with van der Waals surface area (Å²) in [6.07, 6.45) is -2.82. The SMILES string of the molecule is Cc1ccc2nc(CSc3ccc(Cl)c(C(F)(F)F)c3)cc(=O)n2c1. The molecular weight excluding hydrogens is 373 g/mol. The number of nitrogens with zero attached hydrogens (tertiary/aromatic N) is 2. The van der Waals surface area contributed by atoms with Gasteiger partial charge in [-0.05, 0) is 36.8 Å². The maximum absolute atomic E-state index is 12.9. The fourth-order valence-electron chi connectivity index (χ4n) is 2.30. The van der Waals surface area contributed by atoms with E-state index in [-0.39, 0.29) is 16.3 Å². The second kappa shape index (κ2) is 6.72. The molecule has 0 aliphatic carbocycles. The Bertz CT molecular complexity index is 1000.